The van der Waals surface area contributed by atoms with Crippen LogP contribution in [-0.2, 0) is 42.1 Å². The van der Waals surface area contributed by atoms with Gasteiger partial charge >= 0.3 is 6.03 Å². The predicted molar refractivity (Wildman–Crippen MR) is 109 cm³/mol. The molecule has 0 radical (unpaired) electrons. The highest BCUT2D eigenvalue weighted by Crippen LogP contribution is 2.38. The molecule has 2 atom stereocenters. The van der Waals surface area contributed by atoms with Gasteiger partial charge in [-0.1, -0.05) is 13.0 Å². The molecule has 8 nitrogen and oxygen atoms in total. The molecule has 1 aromatic heterocycles. The normalized spacial score (nSPS) is 21.5. The van der Waals surface area contributed by atoms with Crippen molar-refractivity contribution >= 4 is 21.6 Å². The molecular formula is C20H25N5O3S. The number of nitrogens with zero attached hydrogens (tertiary/aromatic N) is 3. The molecule has 2 aromatic rings. The van der Waals surface area contributed by atoms with E-state index in [1.54, 1.807) is 4.68 Å². The average molecular weight is 416 g/mol. The molecule has 2 aliphatic carbocycles. The smallest absolute Gasteiger partial charge is 0.354 e. The fourth-order valence-corrected chi connectivity index (χ4v) is 5.67. The molecular weight excluding hydrogens is 390 g/mol. The highest BCUT2D eigenvalue weighted by atomic mass is 32.2. The van der Waals surface area contributed by atoms with Crippen molar-refractivity contribution < 1.29 is 13.7 Å². The number of fused-ring (bicyclic) bond motifs is 3. The first kappa shape index (κ1) is 18.6. The molecule has 3 N–H and O–H groups in total. The lowest BCUT2D eigenvalue weighted by Crippen LogP contribution is -2.25. The van der Waals surface area contributed by atoms with E-state index in [1.165, 1.54) is 28.5 Å². The van der Waals surface area contributed by atoms with Crippen LogP contribution in [0.1, 0.15) is 42.0 Å². The molecule has 9 heteroatoms. The van der Waals surface area contributed by atoms with Crippen LogP contribution < -0.4 is 15.2 Å². The Bertz CT molecular complexity index is 1100. The van der Waals surface area contributed by atoms with Gasteiger partial charge in [0.15, 0.2) is 9.92 Å². The van der Waals surface area contributed by atoms with Crippen molar-refractivity contribution in [2.24, 2.45) is 15.4 Å². The summed E-state index contributed by atoms with van der Waals surface area (Å²) in [6, 6.07) is 1.61. The van der Waals surface area contributed by atoms with Gasteiger partial charge in [-0.3, -0.25) is 0 Å². The van der Waals surface area contributed by atoms with Crippen LogP contribution in [0.25, 0.3) is 0 Å². The first-order valence-corrected chi connectivity index (χ1v) is 11.7. The van der Waals surface area contributed by atoms with Gasteiger partial charge in [0.05, 0.1) is 19.3 Å². The lowest BCUT2D eigenvalue weighted by Gasteiger charge is -2.21. The molecule has 2 unspecified atom stereocenters. The highest BCUT2D eigenvalue weighted by Gasteiger charge is 2.28. The number of anilines is 1. The summed E-state index contributed by atoms with van der Waals surface area (Å²) in [7, 11) is -3.47. The summed E-state index contributed by atoms with van der Waals surface area (Å²) in [5, 5.41) is 13.1. The van der Waals surface area contributed by atoms with Crippen LogP contribution in [0.4, 0.5) is 10.5 Å². The van der Waals surface area contributed by atoms with E-state index in [2.05, 4.69) is 20.8 Å². The van der Waals surface area contributed by atoms with E-state index >= 15 is 0 Å². The Kier molecular flexibility index (Phi) is 4.40. The van der Waals surface area contributed by atoms with Crippen molar-refractivity contribution in [3.05, 3.63) is 34.5 Å². The summed E-state index contributed by atoms with van der Waals surface area (Å²) in [6.07, 6.45) is 7.53. The highest BCUT2D eigenvalue weighted by molar-refractivity contribution is 7.91. The first-order chi connectivity index (χ1) is 13.9. The minimum atomic E-state index is -3.47. The molecule has 0 spiro atoms. The van der Waals surface area contributed by atoms with Gasteiger partial charge in [-0.05, 0) is 60.8 Å². The number of benzene rings is 1. The van der Waals surface area contributed by atoms with E-state index in [-0.39, 0.29) is 4.90 Å². The number of urea groups is 1. The van der Waals surface area contributed by atoms with Gasteiger partial charge in [0.25, 0.3) is 0 Å². The van der Waals surface area contributed by atoms with Crippen LogP contribution in [0.5, 0.6) is 5.88 Å². The van der Waals surface area contributed by atoms with E-state index in [4.69, 9.17) is 9.88 Å². The molecule has 154 valence electrons. The van der Waals surface area contributed by atoms with Gasteiger partial charge in [0, 0.05) is 11.6 Å². The largest absolute Gasteiger partial charge is 0.477 e. The number of carbonyl (C=O) groups is 1. The quantitative estimate of drug-likeness (QED) is 0.785. The molecule has 1 aliphatic heterocycles. The van der Waals surface area contributed by atoms with E-state index in [0.717, 1.165) is 44.2 Å². The summed E-state index contributed by atoms with van der Waals surface area (Å²) in [4.78, 5) is 12.9. The van der Waals surface area contributed by atoms with Crippen molar-refractivity contribution in [2.45, 2.75) is 56.9 Å². The Hall–Kier alpha value is -2.39. The van der Waals surface area contributed by atoms with E-state index in [9.17, 15) is 9.00 Å². The zero-order chi connectivity index (χ0) is 20.2. The van der Waals surface area contributed by atoms with Crippen LogP contribution in [0.3, 0.4) is 0 Å². The third-order valence-electron chi connectivity index (χ3n) is 5.99. The van der Waals surface area contributed by atoms with Crippen LogP contribution in [0.2, 0.25) is 0 Å². The summed E-state index contributed by atoms with van der Waals surface area (Å²) in [5.41, 5.74) is 5.86. The van der Waals surface area contributed by atoms with Crippen molar-refractivity contribution in [3.63, 3.8) is 0 Å². The number of amides is 2. The second-order valence-electron chi connectivity index (χ2n) is 8.24. The summed E-state index contributed by atoms with van der Waals surface area (Å²) in [5.74, 6) is 0.639. The van der Waals surface area contributed by atoms with E-state index < -0.39 is 15.9 Å². The van der Waals surface area contributed by atoms with Crippen LogP contribution in [-0.4, -0.2) is 26.6 Å². The molecule has 2 heterocycles. The van der Waals surface area contributed by atoms with Gasteiger partial charge in [-0.2, -0.15) is 5.10 Å². The standard InChI is InChI=1S/C20H25N5O3S/c1-12-10-25-19(28-11-12)17(9-22-25)29(21,27)24-20(26)23-18-15-6-2-4-13(15)8-14-5-3-7-16(14)18/h8-9,12H,2-7,10-11H2,1H3,(H3,21,23,24,26,27). The fourth-order valence-electron chi connectivity index (χ4n) is 4.67. The number of nitrogens with one attached hydrogen (secondary N) is 1. The molecule has 0 fully saturated rings. The number of aryl methyl sites for hydroxylation is 2. The summed E-state index contributed by atoms with van der Waals surface area (Å²) < 4.78 is 24.2. The molecule has 29 heavy (non-hydrogen) atoms. The Morgan fingerprint density at radius 2 is 1.97 bits per heavy atom. The van der Waals surface area contributed by atoms with Crippen molar-refractivity contribution in [1.82, 2.24) is 9.78 Å². The number of hydrogen-bond acceptors (Lipinski definition) is 4. The Morgan fingerprint density at radius 1 is 1.28 bits per heavy atom. The van der Waals surface area contributed by atoms with Crippen LogP contribution in [0.15, 0.2) is 21.5 Å². The summed E-state index contributed by atoms with van der Waals surface area (Å²) in [6.45, 7) is 3.18. The Labute approximate surface area is 170 Å². The number of nitrogens with two attached hydrogens (primary N) is 1. The van der Waals surface area contributed by atoms with Crippen molar-refractivity contribution in [1.29, 1.82) is 0 Å². The van der Waals surface area contributed by atoms with Gasteiger partial charge in [0.1, 0.15) is 4.90 Å². The third kappa shape index (κ3) is 3.22. The Balaban J connectivity index is 1.47. The van der Waals surface area contributed by atoms with Gasteiger partial charge in [-0.15, -0.1) is 4.36 Å². The molecule has 1 aromatic carbocycles. The van der Waals surface area contributed by atoms with E-state index in [1.807, 2.05) is 6.92 Å². The molecule has 2 amide bonds. The molecule has 0 bridgehead atoms. The maximum Gasteiger partial charge on any atom is 0.354 e. The predicted octanol–water partition coefficient (Wildman–Crippen LogP) is 2.82. The number of rotatable bonds is 2. The fraction of sp³-hybridized carbons (Fsp3) is 0.500. The first-order valence-electron chi connectivity index (χ1n) is 10.1. The number of aromatic nitrogens is 2. The topological polar surface area (TPSA) is 112 Å². The van der Waals surface area contributed by atoms with Crippen molar-refractivity contribution in [2.75, 3.05) is 11.9 Å². The zero-order valence-corrected chi connectivity index (χ0v) is 17.3. The maximum absolute atomic E-state index is 13.1. The second kappa shape index (κ2) is 6.84. The number of carbonyl (C=O) groups excluding carboxylic acids is 1. The Morgan fingerprint density at radius 3 is 2.66 bits per heavy atom. The van der Waals surface area contributed by atoms with Gasteiger partial charge in [0.2, 0.25) is 5.88 Å². The van der Waals surface area contributed by atoms with E-state index in [0.29, 0.717) is 24.9 Å². The van der Waals surface area contributed by atoms with Crippen LogP contribution in [0, 0.1) is 5.92 Å². The monoisotopic (exact) mass is 415 g/mol. The lowest BCUT2D eigenvalue weighted by molar-refractivity contribution is 0.171. The van der Waals surface area contributed by atoms with Gasteiger partial charge in [-0.25, -0.2) is 18.8 Å². The second-order valence-corrected chi connectivity index (χ2v) is 10.00. The SMILES string of the molecule is CC1COc2c(S(N)(=O)=NC(=O)Nc3c4c(cc5c3CCC5)CCC4)cnn2C1. The summed E-state index contributed by atoms with van der Waals surface area (Å²) >= 11 is 0. The molecule has 3 aliphatic rings. The lowest BCUT2D eigenvalue weighted by atomic mass is 9.99. The van der Waals surface area contributed by atoms with Gasteiger partial charge < -0.3 is 10.1 Å². The number of ether oxygens (including phenoxy) is 1. The zero-order valence-electron chi connectivity index (χ0n) is 16.4. The molecule has 0 saturated heterocycles. The third-order valence-corrected chi connectivity index (χ3v) is 7.33. The minimum absolute atomic E-state index is 0.170. The average Bonchev–Trinajstić information content (AvgIpc) is 3.39. The van der Waals surface area contributed by atoms with Crippen LogP contribution >= 0.6 is 0 Å². The van der Waals surface area contributed by atoms with Crippen molar-refractivity contribution in [3.8, 4) is 5.88 Å². The molecule has 5 rings (SSSR count). The minimum Gasteiger partial charge on any atom is -0.477 e. The number of hydrogen-bond donors (Lipinski definition) is 2. The molecule has 0 saturated carbocycles. The maximum atomic E-state index is 13.1.